The van der Waals surface area contributed by atoms with Crippen molar-refractivity contribution in [2.24, 2.45) is 23.7 Å². The van der Waals surface area contributed by atoms with Crippen LogP contribution in [0, 0.1) is 23.7 Å². The molecule has 126 valence electrons. The van der Waals surface area contributed by atoms with Gasteiger partial charge in [-0.3, -0.25) is 4.79 Å². The first-order valence-electron chi connectivity index (χ1n) is 8.63. The van der Waals surface area contributed by atoms with Gasteiger partial charge in [0, 0.05) is 13.1 Å². The van der Waals surface area contributed by atoms with Gasteiger partial charge in [0.15, 0.2) is 5.13 Å². The zero-order chi connectivity index (χ0) is 16.7. The standard InChI is InChI=1S/C19H22N2O2S/c1-3-23-18(22)17-12(2)8-9-13-10-21(11-14(13)17)19-20-15-6-4-5-7-16(15)24-19/h4-9,12-14,17H,3,10-11H2,1-2H3/t12-,13-,14+,17+/m0/s1. The summed E-state index contributed by atoms with van der Waals surface area (Å²) in [5, 5.41) is 1.06. The Morgan fingerprint density at radius 1 is 1.33 bits per heavy atom. The highest BCUT2D eigenvalue weighted by molar-refractivity contribution is 7.22. The number of hydrogen-bond acceptors (Lipinski definition) is 5. The lowest BCUT2D eigenvalue weighted by Gasteiger charge is -2.31. The number of fused-ring (bicyclic) bond motifs is 2. The minimum Gasteiger partial charge on any atom is -0.466 e. The van der Waals surface area contributed by atoms with Gasteiger partial charge in [0.05, 0.1) is 22.7 Å². The zero-order valence-corrected chi connectivity index (χ0v) is 14.8. The van der Waals surface area contributed by atoms with E-state index in [0.29, 0.717) is 18.4 Å². The van der Waals surface area contributed by atoms with Crippen molar-refractivity contribution >= 4 is 32.7 Å². The third-order valence-electron chi connectivity index (χ3n) is 5.21. The number of para-hydroxylation sites is 1. The fourth-order valence-electron chi connectivity index (χ4n) is 4.04. The maximum atomic E-state index is 12.4. The highest BCUT2D eigenvalue weighted by atomic mass is 32.1. The van der Waals surface area contributed by atoms with Crippen LogP contribution in [0.15, 0.2) is 36.4 Å². The Bertz CT molecular complexity index is 752. The summed E-state index contributed by atoms with van der Waals surface area (Å²) in [6, 6.07) is 8.25. The summed E-state index contributed by atoms with van der Waals surface area (Å²) in [6.45, 7) is 6.26. The lowest BCUT2D eigenvalue weighted by Crippen LogP contribution is -2.37. The van der Waals surface area contributed by atoms with Gasteiger partial charge in [-0.2, -0.15) is 0 Å². The van der Waals surface area contributed by atoms with E-state index in [1.165, 1.54) is 4.70 Å². The molecule has 4 nitrogen and oxygen atoms in total. The first-order valence-corrected chi connectivity index (χ1v) is 9.44. The van der Waals surface area contributed by atoms with Crippen LogP contribution >= 0.6 is 11.3 Å². The molecule has 1 aromatic heterocycles. The Labute approximate surface area is 146 Å². The molecule has 2 heterocycles. The van der Waals surface area contributed by atoms with Gasteiger partial charge >= 0.3 is 5.97 Å². The second-order valence-corrected chi connectivity index (χ2v) is 7.73. The predicted molar refractivity (Wildman–Crippen MR) is 97.2 cm³/mol. The third kappa shape index (κ3) is 2.61. The number of allylic oxidation sites excluding steroid dienone is 1. The van der Waals surface area contributed by atoms with Crippen LogP contribution in [0.2, 0.25) is 0 Å². The van der Waals surface area contributed by atoms with Crippen LogP contribution in [0.4, 0.5) is 5.13 Å². The van der Waals surface area contributed by atoms with E-state index in [1.807, 2.05) is 13.0 Å². The van der Waals surface area contributed by atoms with Gasteiger partial charge in [0.25, 0.3) is 0 Å². The third-order valence-corrected chi connectivity index (χ3v) is 6.31. The maximum absolute atomic E-state index is 12.4. The number of esters is 1. The van der Waals surface area contributed by atoms with E-state index < -0.39 is 0 Å². The molecule has 0 N–H and O–H groups in total. The Morgan fingerprint density at radius 3 is 2.96 bits per heavy atom. The summed E-state index contributed by atoms with van der Waals surface area (Å²) in [5.41, 5.74) is 1.05. The summed E-state index contributed by atoms with van der Waals surface area (Å²) in [4.78, 5) is 19.6. The number of thiazole rings is 1. The van der Waals surface area contributed by atoms with Gasteiger partial charge < -0.3 is 9.64 Å². The molecular formula is C19H22N2O2S. The summed E-state index contributed by atoms with van der Waals surface area (Å²) in [5.74, 6) is 0.870. The van der Waals surface area contributed by atoms with Crippen molar-refractivity contribution < 1.29 is 9.53 Å². The van der Waals surface area contributed by atoms with Crippen molar-refractivity contribution in [1.82, 2.24) is 4.98 Å². The molecule has 24 heavy (non-hydrogen) atoms. The van der Waals surface area contributed by atoms with Crippen molar-refractivity contribution in [3.63, 3.8) is 0 Å². The molecule has 0 saturated carbocycles. The SMILES string of the molecule is CCOC(=O)[C@H]1[C@@H]2CN(c3nc4ccccc4s3)C[C@@H]2C=C[C@@H]1C. The summed E-state index contributed by atoms with van der Waals surface area (Å²) in [6.07, 6.45) is 4.48. The first kappa shape index (κ1) is 15.6. The van der Waals surface area contributed by atoms with E-state index in [-0.39, 0.29) is 17.8 Å². The smallest absolute Gasteiger partial charge is 0.309 e. The average molecular weight is 342 g/mol. The van der Waals surface area contributed by atoms with Crippen molar-refractivity contribution in [2.75, 3.05) is 24.6 Å². The number of carbonyl (C=O) groups is 1. The second-order valence-electron chi connectivity index (χ2n) is 6.72. The van der Waals surface area contributed by atoms with Crippen molar-refractivity contribution in [3.05, 3.63) is 36.4 Å². The minimum atomic E-state index is -0.0458. The van der Waals surface area contributed by atoms with Crippen molar-refractivity contribution in [3.8, 4) is 0 Å². The van der Waals surface area contributed by atoms with Crippen LogP contribution < -0.4 is 4.90 Å². The van der Waals surface area contributed by atoms with Gasteiger partial charge in [0.2, 0.25) is 0 Å². The summed E-state index contributed by atoms with van der Waals surface area (Å²) in [7, 11) is 0. The van der Waals surface area contributed by atoms with Crippen LogP contribution in [0.25, 0.3) is 10.2 Å². The van der Waals surface area contributed by atoms with E-state index in [9.17, 15) is 4.79 Å². The second kappa shape index (κ2) is 6.20. The van der Waals surface area contributed by atoms with Crippen LogP contribution in [-0.2, 0) is 9.53 Å². The number of hydrogen-bond donors (Lipinski definition) is 0. The molecule has 0 bridgehead atoms. The molecule has 1 aliphatic carbocycles. The first-order chi connectivity index (χ1) is 11.7. The fourth-order valence-corrected chi connectivity index (χ4v) is 5.03. The monoisotopic (exact) mass is 342 g/mol. The number of carbonyl (C=O) groups excluding carboxylic acids is 1. The molecule has 1 saturated heterocycles. The normalized spacial score (nSPS) is 29.0. The largest absolute Gasteiger partial charge is 0.466 e. The van der Waals surface area contributed by atoms with E-state index in [4.69, 9.17) is 9.72 Å². The topological polar surface area (TPSA) is 42.4 Å². The molecule has 0 spiro atoms. The molecule has 0 unspecified atom stereocenters. The van der Waals surface area contributed by atoms with Gasteiger partial charge in [0.1, 0.15) is 0 Å². The molecule has 4 atom stereocenters. The molecule has 0 radical (unpaired) electrons. The van der Waals surface area contributed by atoms with Crippen LogP contribution in [-0.4, -0.2) is 30.6 Å². The molecule has 2 aliphatic rings. The Morgan fingerprint density at radius 2 is 2.17 bits per heavy atom. The summed E-state index contributed by atoms with van der Waals surface area (Å²) < 4.78 is 6.56. The number of benzene rings is 1. The number of rotatable bonds is 3. The molecule has 2 aromatic rings. The summed E-state index contributed by atoms with van der Waals surface area (Å²) >= 11 is 1.74. The highest BCUT2D eigenvalue weighted by Gasteiger charge is 2.45. The molecule has 5 heteroatoms. The molecular weight excluding hydrogens is 320 g/mol. The number of ether oxygens (including phenoxy) is 1. The number of anilines is 1. The number of nitrogens with zero attached hydrogens (tertiary/aromatic N) is 2. The quantitative estimate of drug-likeness (QED) is 0.629. The van der Waals surface area contributed by atoms with Gasteiger partial charge in [-0.05, 0) is 36.8 Å². The van der Waals surface area contributed by atoms with Crippen LogP contribution in [0.3, 0.4) is 0 Å². The van der Waals surface area contributed by atoms with E-state index in [0.717, 1.165) is 23.7 Å². The van der Waals surface area contributed by atoms with E-state index in [2.05, 4.69) is 42.2 Å². The lowest BCUT2D eigenvalue weighted by atomic mass is 9.72. The van der Waals surface area contributed by atoms with Gasteiger partial charge in [-0.1, -0.05) is 42.5 Å². The highest BCUT2D eigenvalue weighted by Crippen LogP contribution is 2.42. The minimum absolute atomic E-state index is 0.0423. The van der Waals surface area contributed by atoms with Crippen LogP contribution in [0.1, 0.15) is 13.8 Å². The van der Waals surface area contributed by atoms with Gasteiger partial charge in [-0.25, -0.2) is 4.98 Å². The van der Waals surface area contributed by atoms with Gasteiger partial charge in [-0.15, -0.1) is 0 Å². The maximum Gasteiger partial charge on any atom is 0.309 e. The number of aromatic nitrogens is 1. The Balaban J connectivity index is 1.60. The molecule has 1 fully saturated rings. The Kier molecular flexibility index (Phi) is 4.04. The average Bonchev–Trinajstić information content (AvgIpc) is 3.18. The van der Waals surface area contributed by atoms with E-state index in [1.54, 1.807) is 11.3 Å². The molecule has 4 rings (SSSR count). The molecule has 0 amide bonds. The van der Waals surface area contributed by atoms with E-state index >= 15 is 0 Å². The fraction of sp³-hybridized carbons (Fsp3) is 0.474. The predicted octanol–water partition coefficient (Wildman–Crippen LogP) is 3.73. The van der Waals surface area contributed by atoms with Crippen molar-refractivity contribution in [1.29, 1.82) is 0 Å². The Hall–Kier alpha value is -1.88. The molecule has 1 aromatic carbocycles. The van der Waals surface area contributed by atoms with Crippen molar-refractivity contribution in [2.45, 2.75) is 13.8 Å². The molecule has 1 aliphatic heterocycles. The lowest BCUT2D eigenvalue weighted by molar-refractivity contribution is -0.151. The van der Waals surface area contributed by atoms with Crippen LogP contribution in [0.5, 0.6) is 0 Å². The zero-order valence-electron chi connectivity index (χ0n) is 14.0.